The standard InChI is InChI=1S/C10H16N4/c1-8-4-2-3-5-14(8)10-7-12-6-9(11)13-10/h6-8H,2-5H2,1H3,(H2,11,13)/i1D3,2D2,3D2,4D2,5D2,8D. The van der Waals surface area contributed by atoms with E-state index >= 15 is 0 Å². The first-order valence-corrected chi connectivity index (χ1v) is 3.75. The molecule has 4 heteroatoms. The lowest BCUT2D eigenvalue weighted by atomic mass is 10.0. The van der Waals surface area contributed by atoms with Crippen LogP contribution in [0.15, 0.2) is 12.4 Å². The van der Waals surface area contributed by atoms with Crippen LogP contribution in [-0.4, -0.2) is 22.5 Å². The van der Waals surface area contributed by atoms with Crippen LogP contribution < -0.4 is 10.6 Å². The van der Waals surface area contributed by atoms with Crippen LogP contribution in [0, 0.1) is 0 Å². The summed E-state index contributed by atoms with van der Waals surface area (Å²) in [5, 5.41) is 0. The van der Waals surface area contributed by atoms with Crippen LogP contribution >= 0.6 is 0 Å². The second-order valence-corrected chi connectivity index (χ2v) is 2.47. The number of anilines is 2. The fourth-order valence-electron chi connectivity index (χ4n) is 0.936. The van der Waals surface area contributed by atoms with Gasteiger partial charge in [-0.15, -0.1) is 0 Å². The summed E-state index contributed by atoms with van der Waals surface area (Å²) in [5.41, 5.74) is 5.45. The molecule has 1 unspecified atom stereocenters. The summed E-state index contributed by atoms with van der Waals surface area (Å²) in [7, 11) is 0. The highest BCUT2D eigenvalue weighted by molar-refractivity contribution is 5.42. The van der Waals surface area contributed by atoms with Crippen LogP contribution in [0.1, 0.15) is 42.4 Å². The molecule has 1 saturated heterocycles. The molecular formula is C10H16N4. The molecule has 0 amide bonds. The molecule has 2 N–H and O–H groups in total. The van der Waals surface area contributed by atoms with Crippen molar-refractivity contribution in [1.29, 1.82) is 0 Å². The van der Waals surface area contributed by atoms with E-state index in [0.717, 1.165) is 12.4 Å². The second-order valence-electron chi connectivity index (χ2n) is 2.47. The van der Waals surface area contributed by atoms with Crippen LogP contribution in [0.5, 0.6) is 0 Å². The summed E-state index contributed by atoms with van der Waals surface area (Å²) in [5.74, 6) is -1.01. The van der Waals surface area contributed by atoms with Crippen molar-refractivity contribution in [2.45, 2.75) is 32.0 Å². The summed E-state index contributed by atoms with van der Waals surface area (Å²) in [6.45, 7) is -7.08. The number of nitrogens with two attached hydrogens (primary N) is 1. The highest BCUT2D eigenvalue weighted by atomic mass is 15.2. The highest BCUT2D eigenvalue weighted by Crippen LogP contribution is 2.22. The zero-order valence-corrected chi connectivity index (χ0v) is 7.07. The monoisotopic (exact) mass is 204 g/mol. The molecule has 0 radical (unpaired) electrons. The molecule has 1 aliphatic heterocycles. The number of rotatable bonds is 1. The van der Waals surface area contributed by atoms with Gasteiger partial charge in [-0.05, 0) is 26.0 Å². The van der Waals surface area contributed by atoms with Gasteiger partial charge in [-0.2, -0.15) is 0 Å². The smallest absolute Gasteiger partial charge is 0.149 e. The molecule has 0 spiro atoms. The van der Waals surface area contributed by atoms with Crippen molar-refractivity contribution >= 4 is 11.6 Å². The van der Waals surface area contributed by atoms with E-state index in [1.807, 2.05) is 0 Å². The number of hydrogen-bond acceptors (Lipinski definition) is 4. The van der Waals surface area contributed by atoms with E-state index in [9.17, 15) is 0 Å². The van der Waals surface area contributed by atoms with E-state index in [4.69, 9.17) is 22.2 Å². The fraction of sp³-hybridized carbons (Fsp3) is 0.600. The molecule has 76 valence electrons. The summed E-state index contributed by atoms with van der Waals surface area (Å²) >= 11 is 0. The van der Waals surface area contributed by atoms with E-state index in [-0.39, 0.29) is 10.7 Å². The van der Waals surface area contributed by atoms with Gasteiger partial charge in [0.25, 0.3) is 0 Å². The fourth-order valence-corrected chi connectivity index (χ4v) is 0.936. The Balaban J connectivity index is 2.97. The minimum atomic E-state index is -3.69. The SMILES string of the molecule is [2H]C([2H])([2H])C1([2H])N(c2cncc(N)n2)C([2H])([2H])C([2H])([2H])C([2H])([2H])C1([2H])[2H]. The van der Waals surface area contributed by atoms with Crippen LogP contribution in [0.3, 0.4) is 0 Å². The van der Waals surface area contributed by atoms with Crippen molar-refractivity contribution in [2.75, 3.05) is 17.1 Å². The molecule has 0 saturated carbocycles. The van der Waals surface area contributed by atoms with E-state index in [0.29, 0.717) is 0 Å². The minimum Gasteiger partial charge on any atom is -0.382 e. The Morgan fingerprint density at radius 3 is 3.43 bits per heavy atom. The summed E-state index contributed by atoms with van der Waals surface area (Å²) in [4.78, 5) is 7.23. The molecule has 1 aromatic rings. The molecule has 0 aliphatic carbocycles. The first-order valence-electron chi connectivity index (χ1n) is 9.75. The van der Waals surface area contributed by atoms with Crippen molar-refractivity contribution in [1.82, 2.24) is 9.97 Å². The Kier molecular flexibility index (Phi) is 0.715. The van der Waals surface area contributed by atoms with E-state index in [1.165, 1.54) is 0 Å². The molecular weight excluding hydrogens is 176 g/mol. The van der Waals surface area contributed by atoms with E-state index in [1.54, 1.807) is 0 Å². The number of aromatic nitrogens is 2. The van der Waals surface area contributed by atoms with E-state index < -0.39 is 44.3 Å². The summed E-state index contributed by atoms with van der Waals surface area (Å²) in [6.07, 6.45) is -9.09. The third kappa shape index (κ3) is 1.78. The number of hydrogen-bond donors (Lipinski definition) is 1. The largest absolute Gasteiger partial charge is 0.382 e. The molecule has 0 aromatic carbocycles. The maximum absolute atomic E-state index is 8.36. The van der Waals surface area contributed by atoms with Crippen LogP contribution in [-0.2, 0) is 0 Å². The number of nitrogens with zero attached hydrogens (tertiary/aromatic N) is 3. The van der Waals surface area contributed by atoms with Gasteiger partial charge in [0.1, 0.15) is 11.6 Å². The molecule has 1 fully saturated rings. The Morgan fingerprint density at radius 2 is 2.64 bits per heavy atom. The van der Waals surface area contributed by atoms with Gasteiger partial charge in [0, 0.05) is 27.6 Å². The maximum Gasteiger partial charge on any atom is 0.149 e. The number of piperidine rings is 1. The summed E-state index contributed by atoms with van der Waals surface area (Å²) in [6, 6.07) is -3.58. The average Bonchev–Trinajstić information content (AvgIpc) is 2.44. The van der Waals surface area contributed by atoms with Gasteiger partial charge >= 0.3 is 0 Å². The Labute approximate surface area is 101 Å². The van der Waals surface area contributed by atoms with Gasteiger partial charge in [-0.1, -0.05) is 0 Å². The molecule has 1 aromatic heterocycles. The third-order valence-corrected chi connectivity index (χ3v) is 1.50. The maximum atomic E-state index is 8.36. The van der Waals surface area contributed by atoms with Gasteiger partial charge < -0.3 is 10.6 Å². The third-order valence-electron chi connectivity index (χ3n) is 1.50. The highest BCUT2D eigenvalue weighted by Gasteiger charge is 2.19. The van der Waals surface area contributed by atoms with Crippen molar-refractivity contribution in [3.8, 4) is 0 Å². The van der Waals surface area contributed by atoms with Gasteiger partial charge in [0.15, 0.2) is 0 Å². The summed E-state index contributed by atoms with van der Waals surface area (Å²) < 4.78 is 94.9. The Morgan fingerprint density at radius 1 is 1.71 bits per heavy atom. The first-order chi connectivity index (χ1) is 11.4. The van der Waals surface area contributed by atoms with Crippen molar-refractivity contribution in [3.05, 3.63) is 12.4 Å². The Bertz CT molecular complexity index is 716. The zero-order chi connectivity index (χ0) is 20.6. The lowest BCUT2D eigenvalue weighted by Crippen LogP contribution is -2.38. The van der Waals surface area contributed by atoms with Gasteiger partial charge in [0.2, 0.25) is 0 Å². The second kappa shape index (κ2) is 3.82. The van der Waals surface area contributed by atoms with Crippen LogP contribution in [0.2, 0.25) is 0 Å². The molecule has 4 nitrogen and oxygen atoms in total. The molecule has 0 bridgehead atoms. The topological polar surface area (TPSA) is 55.0 Å². The number of nitrogen functional groups attached to an aromatic ring is 1. The Hall–Kier alpha value is -1.32. The van der Waals surface area contributed by atoms with Crippen molar-refractivity contribution in [2.24, 2.45) is 0 Å². The van der Waals surface area contributed by atoms with Crippen molar-refractivity contribution < 1.29 is 16.4 Å². The zero-order valence-electron chi connectivity index (χ0n) is 19.1. The van der Waals surface area contributed by atoms with E-state index in [2.05, 4.69) is 9.97 Å². The minimum absolute atomic E-state index is 0.0301. The average molecular weight is 204 g/mol. The van der Waals surface area contributed by atoms with Gasteiger partial charge in [-0.3, -0.25) is 4.98 Å². The van der Waals surface area contributed by atoms with Crippen LogP contribution in [0.4, 0.5) is 11.6 Å². The lowest BCUT2D eigenvalue weighted by molar-refractivity contribution is 0.481. The quantitative estimate of drug-likeness (QED) is 0.752. The van der Waals surface area contributed by atoms with Gasteiger partial charge in [0.05, 0.1) is 13.8 Å². The van der Waals surface area contributed by atoms with Gasteiger partial charge in [-0.25, -0.2) is 4.98 Å². The predicted octanol–water partition coefficient (Wildman–Crippen LogP) is 1.44. The predicted molar refractivity (Wildman–Crippen MR) is 57.1 cm³/mol. The first kappa shape index (κ1) is 2.62. The van der Waals surface area contributed by atoms with Crippen molar-refractivity contribution in [3.63, 3.8) is 0 Å². The molecule has 1 aliphatic rings. The lowest BCUT2D eigenvalue weighted by Gasteiger charge is -2.34. The molecule has 1 atom stereocenters. The normalized spacial score (nSPS) is 55.6. The molecule has 2 rings (SSSR count). The molecule has 2 heterocycles. The molecule has 14 heavy (non-hydrogen) atoms. The van der Waals surface area contributed by atoms with Crippen LogP contribution in [0.25, 0.3) is 0 Å².